The molecule has 0 spiro atoms. The number of carbonyl (C=O) groups excluding carboxylic acids is 3. The molecule has 1 heterocycles. The number of hydrogen-bond acceptors (Lipinski definition) is 7. The molecule has 0 radical (unpaired) electrons. The first-order valence-electron chi connectivity index (χ1n) is 9.19. The van der Waals surface area contributed by atoms with E-state index in [1.54, 1.807) is 36.4 Å². The van der Waals surface area contributed by atoms with Gasteiger partial charge in [-0.3, -0.25) is 14.4 Å². The van der Waals surface area contributed by atoms with Crippen molar-refractivity contribution in [3.63, 3.8) is 0 Å². The summed E-state index contributed by atoms with van der Waals surface area (Å²) in [4.78, 5) is 38.1. The molecule has 2 N–H and O–H groups in total. The van der Waals surface area contributed by atoms with Crippen LogP contribution in [0.25, 0.3) is 0 Å². The summed E-state index contributed by atoms with van der Waals surface area (Å²) < 4.78 is 15.8. The van der Waals surface area contributed by atoms with E-state index in [-0.39, 0.29) is 18.2 Å². The second kappa shape index (κ2) is 8.73. The van der Waals surface area contributed by atoms with Crippen molar-refractivity contribution < 1.29 is 28.6 Å². The van der Waals surface area contributed by atoms with Crippen LogP contribution in [0.15, 0.2) is 36.4 Å². The molecule has 1 fully saturated rings. The molecule has 0 bridgehead atoms. The summed E-state index contributed by atoms with van der Waals surface area (Å²) in [6.07, 6.45) is -0.0401. The van der Waals surface area contributed by atoms with Crippen molar-refractivity contribution in [1.82, 2.24) is 0 Å². The fraction of sp³-hybridized carbons (Fsp3) is 0.286. The highest BCUT2D eigenvalue weighted by Crippen LogP contribution is 2.36. The molecule has 0 aliphatic carbocycles. The first-order valence-corrected chi connectivity index (χ1v) is 9.19. The number of rotatable bonds is 7. The van der Waals surface area contributed by atoms with Gasteiger partial charge in [0.15, 0.2) is 0 Å². The number of carbonyl (C=O) groups is 3. The fourth-order valence-electron chi connectivity index (χ4n) is 3.26. The summed E-state index contributed by atoms with van der Waals surface area (Å²) in [5.74, 6) is 0.361. The SMILES string of the molecule is COc1ccc(N2C(=O)C[C@H](Nc3cc(NC(C)=O)ccc3OC)C2=O)c(OC)c1. The van der Waals surface area contributed by atoms with Crippen molar-refractivity contribution in [2.24, 2.45) is 0 Å². The van der Waals surface area contributed by atoms with Gasteiger partial charge < -0.3 is 24.8 Å². The number of amides is 3. The summed E-state index contributed by atoms with van der Waals surface area (Å²) in [6, 6.07) is 9.06. The molecule has 3 rings (SSSR count). The van der Waals surface area contributed by atoms with Crippen LogP contribution >= 0.6 is 0 Å². The Kier molecular flexibility index (Phi) is 6.10. The zero-order valence-electron chi connectivity index (χ0n) is 17.1. The Morgan fingerprint density at radius 3 is 2.37 bits per heavy atom. The second-order valence-electron chi connectivity index (χ2n) is 6.60. The molecule has 30 heavy (non-hydrogen) atoms. The van der Waals surface area contributed by atoms with Gasteiger partial charge in [0.2, 0.25) is 11.8 Å². The highest BCUT2D eigenvalue weighted by Gasteiger charge is 2.41. The lowest BCUT2D eigenvalue weighted by molar-refractivity contribution is -0.121. The molecule has 9 nitrogen and oxygen atoms in total. The van der Waals surface area contributed by atoms with Crippen molar-refractivity contribution in [2.45, 2.75) is 19.4 Å². The average molecular weight is 413 g/mol. The number of benzene rings is 2. The van der Waals surface area contributed by atoms with Crippen LogP contribution in [0.4, 0.5) is 17.1 Å². The molecule has 3 amide bonds. The second-order valence-corrected chi connectivity index (χ2v) is 6.60. The Morgan fingerprint density at radius 1 is 1.00 bits per heavy atom. The third-order valence-corrected chi connectivity index (χ3v) is 4.62. The standard InChI is InChI=1S/C21H23N3O6/c1-12(25)22-13-5-8-18(29-3)15(9-13)23-16-11-20(26)24(21(16)27)17-7-6-14(28-2)10-19(17)30-4/h5-10,16,23H,11H2,1-4H3,(H,22,25)/t16-/m0/s1. The number of methoxy groups -OCH3 is 3. The fourth-order valence-corrected chi connectivity index (χ4v) is 3.26. The van der Waals surface area contributed by atoms with E-state index in [1.165, 1.54) is 28.3 Å². The number of nitrogens with zero attached hydrogens (tertiary/aromatic N) is 1. The van der Waals surface area contributed by atoms with E-state index < -0.39 is 11.9 Å². The lowest BCUT2D eigenvalue weighted by Crippen LogP contribution is -2.35. The van der Waals surface area contributed by atoms with Crippen LogP contribution in [0.5, 0.6) is 17.2 Å². The lowest BCUT2D eigenvalue weighted by Gasteiger charge is -2.20. The summed E-state index contributed by atoms with van der Waals surface area (Å²) in [5.41, 5.74) is 1.37. The van der Waals surface area contributed by atoms with Crippen LogP contribution in [0.2, 0.25) is 0 Å². The molecular weight excluding hydrogens is 390 g/mol. The van der Waals surface area contributed by atoms with Gasteiger partial charge in [-0.2, -0.15) is 0 Å². The van der Waals surface area contributed by atoms with Crippen LogP contribution < -0.4 is 29.7 Å². The quantitative estimate of drug-likeness (QED) is 0.672. The first-order chi connectivity index (χ1) is 14.4. The van der Waals surface area contributed by atoms with E-state index in [0.29, 0.717) is 34.3 Å². The van der Waals surface area contributed by atoms with E-state index in [4.69, 9.17) is 14.2 Å². The average Bonchev–Trinajstić information content (AvgIpc) is 3.00. The number of nitrogens with one attached hydrogen (secondary N) is 2. The van der Waals surface area contributed by atoms with Crippen molar-refractivity contribution in [1.29, 1.82) is 0 Å². The van der Waals surface area contributed by atoms with Gasteiger partial charge in [-0.05, 0) is 30.3 Å². The minimum atomic E-state index is -0.800. The maximum absolute atomic E-state index is 13.1. The number of imide groups is 1. The molecule has 9 heteroatoms. The topological polar surface area (TPSA) is 106 Å². The molecule has 1 atom stereocenters. The summed E-state index contributed by atoms with van der Waals surface area (Å²) in [7, 11) is 4.47. The van der Waals surface area contributed by atoms with Crippen LogP contribution in [0, 0.1) is 0 Å². The molecule has 1 aliphatic rings. The molecular formula is C21H23N3O6. The monoisotopic (exact) mass is 413 g/mol. The van der Waals surface area contributed by atoms with Crippen LogP contribution in [-0.2, 0) is 14.4 Å². The largest absolute Gasteiger partial charge is 0.497 e. The molecule has 1 aliphatic heterocycles. The minimum absolute atomic E-state index is 0.0401. The van der Waals surface area contributed by atoms with Gasteiger partial charge in [0.25, 0.3) is 5.91 Å². The van der Waals surface area contributed by atoms with Crippen LogP contribution in [-0.4, -0.2) is 45.1 Å². The van der Waals surface area contributed by atoms with Gasteiger partial charge in [-0.25, -0.2) is 4.90 Å². The lowest BCUT2D eigenvalue weighted by atomic mass is 10.2. The van der Waals surface area contributed by atoms with E-state index in [2.05, 4.69) is 10.6 Å². The van der Waals surface area contributed by atoms with Crippen LogP contribution in [0.1, 0.15) is 13.3 Å². The summed E-state index contributed by atoms with van der Waals surface area (Å²) in [6.45, 7) is 1.40. The van der Waals surface area contributed by atoms with Crippen molar-refractivity contribution >= 4 is 34.8 Å². The normalized spacial score (nSPS) is 15.7. The van der Waals surface area contributed by atoms with Gasteiger partial charge in [0.1, 0.15) is 23.3 Å². The third-order valence-electron chi connectivity index (χ3n) is 4.62. The third kappa shape index (κ3) is 4.14. The Balaban J connectivity index is 1.88. The van der Waals surface area contributed by atoms with Gasteiger partial charge in [-0.15, -0.1) is 0 Å². The maximum Gasteiger partial charge on any atom is 0.256 e. The van der Waals surface area contributed by atoms with Gasteiger partial charge in [0.05, 0.1) is 39.1 Å². The summed E-state index contributed by atoms with van der Waals surface area (Å²) in [5, 5.41) is 5.74. The highest BCUT2D eigenvalue weighted by atomic mass is 16.5. The number of hydrogen-bond donors (Lipinski definition) is 2. The molecule has 1 saturated heterocycles. The number of anilines is 3. The highest BCUT2D eigenvalue weighted by molar-refractivity contribution is 6.23. The maximum atomic E-state index is 13.1. The van der Waals surface area contributed by atoms with Gasteiger partial charge in [-0.1, -0.05) is 0 Å². The molecule has 2 aromatic rings. The smallest absolute Gasteiger partial charge is 0.256 e. The van der Waals surface area contributed by atoms with Crippen LogP contribution in [0.3, 0.4) is 0 Å². The number of ether oxygens (including phenoxy) is 3. The van der Waals surface area contributed by atoms with Gasteiger partial charge in [0, 0.05) is 18.7 Å². The molecule has 0 saturated carbocycles. The Labute approximate surface area is 173 Å². The summed E-state index contributed by atoms with van der Waals surface area (Å²) >= 11 is 0. The first kappa shape index (κ1) is 21.0. The Hall–Kier alpha value is -3.75. The molecule has 0 aromatic heterocycles. The minimum Gasteiger partial charge on any atom is -0.497 e. The predicted octanol–water partition coefficient (Wildman–Crippen LogP) is 2.41. The Morgan fingerprint density at radius 2 is 1.73 bits per heavy atom. The molecule has 2 aromatic carbocycles. The zero-order chi connectivity index (χ0) is 21.8. The predicted molar refractivity (Wildman–Crippen MR) is 111 cm³/mol. The molecule has 0 unspecified atom stereocenters. The van der Waals surface area contributed by atoms with E-state index in [0.717, 1.165) is 4.90 Å². The van der Waals surface area contributed by atoms with Gasteiger partial charge >= 0.3 is 0 Å². The van der Waals surface area contributed by atoms with E-state index in [9.17, 15) is 14.4 Å². The van der Waals surface area contributed by atoms with Crippen molar-refractivity contribution in [3.05, 3.63) is 36.4 Å². The van der Waals surface area contributed by atoms with Crippen molar-refractivity contribution in [3.8, 4) is 17.2 Å². The van der Waals surface area contributed by atoms with Crippen molar-refractivity contribution in [2.75, 3.05) is 36.9 Å². The Bertz CT molecular complexity index is 991. The van der Waals surface area contributed by atoms with E-state index >= 15 is 0 Å². The zero-order valence-corrected chi connectivity index (χ0v) is 17.1. The molecule has 158 valence electrons. The van der Waals surface area contributed by atoms with E-state index in [1.807, 2.05) is 0 Å².